The lowest BCUT2D eigenvalue weighted by molar-refractivity contribution is -0.120. The van der Waals surface area contributed by atoms with E-state index in [2.05, 4.69) is 33.2 Å². The van der Waals surface area contributed by atoms with Crippen molar-refractivity contribution in [2.75, 3.05) is 13.7 Å². The van der Waals surface area contributed by atoms with Gasteiger partial charge in [0.25, 0.3) is 5.91 Å². The van der Waals surface area contributed by atoms with Crippen molar-refractivity contribution in [1.82, 2.24) is 10.6 Å². The summed E-state index contributed by atoms with van der Waals surface area (Å²) in [7, 11) is 1.55. The Kier molecular flexibility index (Phi) is 6.86. The zero-order valence-electron chi connectivity index (χ0n) is 12.9. The molecule has 7 heteroatoms. The molecule has 2 aromatic rings. The highest BCUT2D eigenvalue weighted by molar-refractivity contribution is 14.1. The van der Waals surface area contributed by atoms with E-state index in [4.69, 9.17) is 16.3 Å². The number of nitrogens with one attached hydrogen (secondary N) is 2. The standard InChI is InChI=1S/C17H16ClIN2O3/c1-24-15-7-6-12(18)8-11(15)9-20-16(22)10-21-17(23)13-4-2-3-5-14(13)19/h2-8H,9-10H2,1H3,(H,20,22)(H,21,23). The summed E-state index contributed by atoms with van der Waals surface area (Å²) in [6.45, 7) is 0.161. The molecule has 0 aromatic heterocycles. The number of benzene rings is 2. The molecule has 2 aromatic carbocycles. The zero-order chi connectivity index (χ0) is 17.5. The fourth-order valence-corrected chi connectivity index (χ4v) is 2.87. The minimum Gasteiger partial charge on any atom is -0.496 e. The Balaban J connectivity index is 1.87. The molecular formula is C17H16ClIN2O3. The van der Waals surface area contributed by atoms with Gasteiger partial charge in [0.2, 0.25) is 5.91 Å². The van der Waals surface area contributed by atoms with Crippen LogP contribution in [0.15, 0.2) is 42.5 Å². The van der Waals surface area contributed by atoms with Crippen molar-refractivity contribution in [2.45, 2.75) is 6.54 Å². The average Bonchev–Trinajstić information content (AvgIpc) is 2.58. The van der Waals surface area contributed by atoms with Gasteiger partial charge in [0.05, 0.1) is 19.2 Å². The summed E-state index contributed by atoms with van der Waals surface area (Å²) in [4.78, 5) is 24.0. The molecule has 0 spiro atoms. The van der Waals surface area contributed by atoms with E-state index in [1.807, 2.05) is 12.1 Å². The molecule has 0 heterocycles. The maximum atomic E-state index is 12.1. The van der Waals surface area contributed by atoms with Gasteiger partial charge < -0.3 is 15.4 Å². The second-order valence-electron chi connectivity index (χ2n) is 4.90. The molecule has 0 fully saturated rings. The van der Waals surface area contributed by atoms with E-state index < -0.39 is 0 Å². The molecular weight excluding hydrogens is 443 g/mol. The van der Waals surface area contributed by atoms with Crippen molar-refractivity contribution < 1.29 is 14.3 Å². The predicted octanol–water partition coefficient (Wildman–Crippen LogP) is 3.00. The average molecular weight is 459 g/mol. The van der Waals surface area contributed by atoms with Gasteiger partial charge >= 0.3 is 0 Å². The second kappa shape index (κ2) is 8.89. The van der Waals surface area contributed by atoms with Crippen LogP contribution in [0.25, 0.3) is 0 Å². The third-order valence-electron chi connectivity index (χ3n) is 3.25. The number of amides is 2. The van der Waals surface area contributed by atoms with Gasteiger partial charge in [0.1, 0.15) is 5.75 Å². The van der Waals surface area contributed by atoms with E-state index in [0.29, 0.717) is 16.3 Å². The SMILES string of the molecule is COc1ccc(Cl)cc1CNC(=O)CNC(=O)c1ccccc1I. The quantitative estimate of drug-likeness (QED) is 0.654. The van der Waals surface area contributed by atoms with E-state index in [0.717, 1.165) is 9.13 Å². The molecule has 0 aliphatic carbocycles. The highest BCUT2D eigenvalue weighted by Crippen LogP contribution is 2.22. The first-order chi connectivity index (χ1) is 11.5. The second-order valence-corrected chi connectivity index (χ2v) is 6.49. The van der Waals surface area contributed by atoms with Gasteiger partial charge in [-0.25, -0.2) is 0 Å². The lowest BCUT2D eigenvalue weighted by Gasteiger charge is -2.11. The van der Waals surface area contributed by atoms with Crippen molar-refractivity contribution in [3.8, 4) is 5.75 Å². The van der Waals surface area contributed by atoms with E-state index in [-0.39, 0.29) is 24.9 Å². The molecule has 126 valence electrons. The fraction of sp³-hybridized carbons (Fsp3) is 0.176. The largest absolute Gasteiger partial charge is 0.496 e. The van der Waals surface area contributed by atoms with Crippen LogP contribution in [0.3, 0.4) is 0 Å². The topological polar surface area (TPSA) is 67.4 Å². The van der Waals surface area contributed by atoms with E-state index >= 15 is 0 Å². The summed E-state index contributed by atoms with van der Waals surface area (Å²) >= 11 is 8.03. The Labute approximate surface area is 158 Å². The van der Waals surface area contributed by atoms with Crippen molar-refractivity contribution in [3.05, 3.63) is 62.2 Å². The molecule has 0 unspecified atom stereocenters. The first-order valence-corrected chi connectivity index (χ1v) is 8.58. The van der Waals surface area contributed by atoms with Crippen LogP contribution in [0.4, 0.5) is 0 Å². The third kappa shape index (κ3) is 5.10. The number of ether oxygens (including phenoxy) is 1. The predicted molar refractivity (Wildman–Crippen MR) is 101 cm³/mol. The van der Waals surface area contributed by atoms with Crippen LogP contribution < -0.4 is 15.4 Å². The highest BCUT2D eigenvalue weighted by Gasteiger charge is 2.11. The summed E-state index contributed by atoms with van der Waals surface area (Å²) in [6.07, 6.45) is 0. The van der Waals surface area contributed by atoms with Gasteiger partial charge in [-0.15, -0.1) is 0 Å². The summed E-state index contributed by atoms with van der Waals surface area (Å²) in [5.74, 6) is 0.0642. The Hall–Kier alpha value is -1.80. The molecule has 0 aliphatic rings. The maximum absolute atomic E-state index is 12.1. The molecule has 5 nitrogen and oxygen atoms in total. The highest BCUT2D eigenvalue weighted by atomic mass is 127. The molecule has 0 radical (unpaired) electrons. The molecule has 0 saturated carbocycles. The summed E-state index contributed by atoms with van der Waals surface area (Å²) in [5.41, 5.74) is 1.31. The van der Waals surface area contributed by atoms with Crippen LogP contribution in [0.2, 0.25) is 5.02 Å². The minimum absolute atomic E-state index is 0.104. The first-order valence-electron chi connectivity index (χ1n) is 7.13. The number of hydrogen-bond acceptors (Lipinski definition) is 3. The molecule has 2 amide bonds. The number of halogens is 2. The molecule has 24 heavy (non-hydrogen) atoms. The molecule has 0 aliphatic heterocycles. The minimum atomic E-state index is -0.295. The van der Waals surface area contributed by atoms with E-state index in [9.17, 15) is 9.59 Å². The lowest BCUT2D eigenvalue weighted by atomic mass is 10.2. The van der Waals surface area contributed by atoms with E-state index in [1.54, 1.807) is 37.4 Å². The molecule has 2 N–H and O–H groups in total. The summed E-state index contributed by atoms with van der Waals surface area (Å²) in [6, 6.07) is 12.4. The van der Waals surface area contributed by atoms with E-state index in [1.165, 1.54) is 0 Å². The number of carbonyl (C=O) groups excluding carboxylic acids is 2. The van der Waals surface area contributed by atoms with Crippen LogP contribution in [0.5, 0.6) is 5.75 Å². The first kappa shape index (κ1) is 18.5. The Morgan fingerprint density at radius 1 is 1.17 bits per heavy atom. The van der Waals surface area contributed by atoms with Crippen LogP contribution in [-0.2, 0) is 11.3 Å². The van der Waals surface area contributed by atoms with Crippen LogP contribution in [0, 0.1) is 3.57 Å². The number of hydrogen-bond donors (Lipinski definition) is 2. The Morgan fingerprint density at radius 2 is 1.92 bits per heavy atom. The summed E-state index contributed by atoms with van der Waals surface area (Å²) < 4.78 is 6.05. The molecule has 0 bridgehead atoms. The van der Waals surface area contributed by atoms with Crippen molar-refractivity contribution in [3.63, 3.8) is 0 Å². The van der Waals surface area contributed by atoms with Crippen LogP contribution >= 0.6 is 34.2 Å². The monoisotopic (exact) mass is 458 g/mol. The third-order valence-corrected chi connectivity index (χ3v) is 4.42. The zero-order valence-corrected chi connectivity index (χ0v) is 15.8. The van der Waals surface area contributed by atoms with Crippen molar-refractivity contribution in [2.24, 2.45) is 0 Å². The van der Waals surface area contributed by atoms with Gasteiger partial charge in [-0.2, -0.15) is 0 Å². The van der Waals surface area contributed by atoms with Crippen molar-refractivity contribution >= 4 is 46.0 Å². The van der Waals surface area contributed by atoms with Gasteiger partial charge in [0.15, 0.2) is 0 Å². The number of rotatable bonds is 6. The van der Waals surface area contributed by atoms with Crippen LogP contribution in [-0.4, -0.2) is 25.5 Å². The van der Waals surface area contributed by atoms with Gasteiger partial charge in [-0.3, -0.25) is 9.59 Å². The molecule has 0 atom stereocenters. The van der Waals surface area contributed by atoms with Gasteiger partial charge in [0, 0.05) is 20.7 Å². The normalized spacial score (nSPS) is 10.1. The van der Waals surface area contributed by atoms with Gasteiger partial charge in [-0.05, 0) is 52.9 Å². The smallest absolute Gasteiger partial charge is 0.252 e. The maximum Gasteiger partial charge on any atom is 0.252 e. The van der Waals surface area contributed by atoms with Crippen LogP contribution in [0.1, 0.15) is 15.9 Å². The Morgan fingerprint density at radius 3 is 2.62 bits per heavy atom. The van der Waals surface area contributed by atoms with Gasteiger partial charge in [-0.1, -0.05) is 23.7 Å². The number of carbonyl (C=O) groups is 2. The number of methoxy groups -OCH3 is 1. The van der Waals surface area contributed by atoms with Crippen molar-refractivity contribution in [1.29, 1.82) is 0 Å². The molecule has 2 rings (SSSR count). The lowest BCUT2D eigenvalue weighted by Crippen LogP contribution is -2.36. The Bertz CT molecular complexity index is 752. The summed E-state index contributed by atoms with van der Waals surface area (Å²) in [5, 5.41) is 5.89. The fourth-order valence-electron chi connectivity index (χ4n) is 2.04. The molecule has 0 saturated heterocycles.